The first-order valence-electron chi connectivity index (χ1n) is 7.66. The summed E-state index contributed by atoms with van der Waals surface area (Å²) in [4.78, 5) is 0. The van der Waals surface area contributed by atoms with Gasteiger partial charge in [0.2, 0.25) is 6.79 Å². The first-order valence-corrected chi connectivity index (χ1v) is 7.66. The molecule has 0 unspecified atom stereocenters. The molecular formula is C17H19N3O3. The Morgan fingerprint density at radius 2 is 2.00 bits per heavy atom. The normalized spacial score (nSPS) is 19.9. The van der Waals surface area contributed by atoms with E-state index in [1.165, 1.54) is 0 Å². The summed E-state index contributed by atoms with van der Waals surface area (Å²) in [6.45, 7) is 4.60. The Bertz CT molecular complexity index is 821. The molecular weight excluding hydrogens is 294 g/mol. The van der Waals surface area contributed by atoms with Crippen LogP contribution in [0.25, 0.3) is 11.3 Å². The monoisotopic (exact) mass is 313 g/mol. The second-order valence-electron chi connectivity index (χ2n) is 6.93. The molecule has 0 saturated carbocycles. The highest BCUT2D eigenvalue weighted by atomic mass is 16.7. The zero-order valence-electron chi connectivity index (χ0n) is 13.5. The van der Waals surface area contributed by atoms with E-state index in [2.05, 4.69) is 24.1 Å². The van der Waals surface area contributed by atoms with Gasteiger partial charge in [-0.3, -0.25) is 4.68 Å². The standard InChI is InChI=1S/C17H19N3O3/c1-17(2)7-11(19-21)15-12(8-17)20(3)18-16(15)10-4-5-13-14(6-10)23-9-22-13/h4-6,21H,7-9H2,1-3H3. The Morgan fingerprint density at radius 1 is 1.22 bits per heavy atom. The smallest absolute Gasteiger partial charge is 0.231 e. The van der Waals surface area contributed by atoms with Crippen LogP contribution in [0.1, 0.15) is 31.5 Å². The van der Waals surface area contributed by atoms with Crippen LogP contribution in [0.4, 0.5) is 0 Å². The van der Waals surface area contributed by atoms with E-state index in [0.29, 0.717) is 5.71 Å². The molecule has 23 heavy (non-hydrogen) atoms. The first-order chi connectivity index (χ1) is 11.0. The van der Waals surface area contributed by atoms with Crippen molar-refractivity contribution in [3.05, 3.63) is 29.5 Å². The molecule has 6 heteroatoms. The van der Waals surface area contributed by atoms with Gasteiger partial charge in [0.05, 0.1) is 5.71 Å². The lowest BCUT2D eigenvalue weighted by molar-refractivity contribution is 0.174. The molecule has 1 aliphatic heterocycles. The molecule has 2 heterocycles. The topological polar surface area (TPSA) is 68.9 Å². The Labute approximate surface area is 134 Å². The summed E-state index contributed by atoms with van der Waals surface area (Å²) in [7, 11) is 1.94. The van der Waals surface area contributed by atoms with Gasteiger partial charge in [-0.1, -0.05) is 19.0 Å². The second-order valence-corrected chi connectivity index (χ2v) is 6.93. The highest BCUT2D eigenvalue weighted by Gasteiger charge is 2.35. The fraction of sp³-hybridized carbons (Fsp3) is 0.412. The number of aromatic nitrogens is 2. The molecule has 1 aromatic carbocycles. The van der Waals surface area contributed by atoms with Gasteiger partial charge in [0.1, 0.15) is 5.69 Å². The number of rotatable bonds is 1. The van der Waals surface area contributed by atoms with Gasteiger partial charge in [-0.15, -0.1) is 0 Å². The number of aryl methyl sites for hydroxylation is 1. The van der Waals surface area contributed by atoms with Crippen LogP contribution in [0.5, 0.6) is 11.5 Å². The molecule has 6 nitrogen and oxygen atoms in total. The van der Waals surface area contributed by atoms with Crippen LogP contribution in [-0.2, 0) is 13.5 Å². The van der Waals surface area contributed by atoms with Gasteiger partial charge in [0, 0.05) is 23.9 Å². The van der Waals surface area contributed by atoms with Gasteiger partial charge in [-0.25, -0.2) is 0 Å². The molecule has 0 spiro atoms. The van der Waals surface area contributed by atoms with Gasteiger partial charge in [-0.05, 0) is 36.5 Å². The Hall–Kier alpha value is -2.50. The minimum Gasteiger partial charge on any atom is -0.454 e. The van der Waals surface area contributed by atoms with E-state index in [4.69, 9.17) is 9.47 Å². The van der Waals surface area contributed by atoms with E-state index >= 15 is 0 Å². The lowest BCUT2D eigenvalue weighted by Crippen LogP contribution is -2.28. The quantitative estimate of drug-likeness (QED) is 0.649. The number of oxime groups is 1. The van der Waals surface area contributed by atoms with Crippen LogP contribution < -0.4 is 9.47 Å². The number of hydrogen-bond donors (Lipinski definition) is 1. The van der Waals surface area contributed by atoms with Crippen molar-refractivity contribution < 1.29 is 14.7 Å². The van der Waals surface area contributed by atoms with E-state index in [0.717, 1.165) is 46.9 Å². The van der Waals surface area contributed by atoms with Crippen LogP contribution in [0.2, 0.25) is 0 Å². The average Bonchev–Trinajstić information content (AvgIpc) is 3.10. The molecule has 4 rings (SSSR count). The molecule has 0 atom stereocenters. The van der Waals surface area contributed by atoms with Crippen molar-refractivity contribution in [3.8, 4) is 22.8 Å². The van der Waals surface area contributed by atoms with Crippen LogP contribution in [0, 0.1) is 5.41 Å². The summed E-state index contributed by atoms with van der Waals surface area (Å²) < 4.78 is 12.7. The third-order valence-corrected chi connectivity index (χ3v) is 4.51. The number of hydrogen-bond acceptors (Lipinski definition) is 5. The highest BCUT2D eigenvalue weighted by Crippen LogP contribution is 2.41. The molecule has 1 aromatic heterocycles. The molecule has 0 radical (unpaired) electrons. The lowest BCUT2D eigenvalue weighted by atomic mass is 9.75. The van der Waals surface area contributed by atoms with Gasteiger partial charge in [-0.2, -0.15) is 5.10 Å². The van der Waals surface area contributed by atoms with Crippen molar-refractivity contribution in [1.29, 1.82) is 0 Å². The summed E-state index contributed by atoms with van der Waals surface area (Å²) in [5.74, 6) is 1.47. The fourth-order valence-electron chi connectivity index (χ4n) is 3.45. The number of ether oxygens (including phenoxy) is 2. The number of benzene rings is 1. The third kappa shape index (κ3) is 2.17. The molecule has 0 amide bonds. The SMILES string of the molecule is Cn1nc(-c2ccc3c(c2)OCO3)c2c1CC(C)(C)CC2=NO. The van der Waals surface area contributed by atoms with Crippen molar-refractivity contribution >= 4 is 5.71 Å². The van der Waals surface area contributed by atoms with Crippen molar-refractivity contribution in [2.45, 2.75) is 26.7 Å². The summed E-state index contributed by atoms with van der Waals surface area (Å²) in [6.07, 6.45) is 1.62. The van der Waals surface area contributed by atoms with Crippen molar-refractivity contribution in [2.75, 3.05) is 6.79 Å². The fourth-order valence-corrected chi connectivity index (χ4v) is 3.45. The molecule has 1 aliphatic carbocycles. The van der Waals surface area contributed by atoms with Crippen molar-refractivity contribution in [2.24, 2.45) is 17.6 Å². The number of fused-ring (bicyclic) bond motifs is 2. The van der Waals surface area contributed by atoms with E-state index in [1.54, 1.807) is 0 Å². The van der Waals surface area contributed by atoms with E-state index in [-0.39, 0.29) is 12.2 Å². The summed E-state index contributed by atoms with van der Waals surface area (Å²) in [5.41, 5.74) is 4.54. The van der Waals surface area contributed by atoms with Gasteiger partial charge in [0.15, 0.2) is 11.5 Å². The number of nitrogens with zero attached hydrogens (tertiary/aromatic N) is 3. The van der Waals surface area contributed by atoms with Crippen LogP contribution in [0.3, 0.4) is 0 Å². The average molecular weight is 313 g/mol. The first kappa shape index (κ1) is 14.1. The van der Waals surface area contributed by atoms with Gasteiger partial charge in [0.25, 0.3) is 0 Å². The predicted octanol–water partition coefficient (Wildman–Crippen LogP) is 2.97. The van der Waals surface area contributed by atoms with Gasteiger partial charge >= 0.3 is 0 Å². The Morgan fingerprint density at radius 3 is 2.78 bits per heavy atom. The van der Waals surface area contributed by atoms with Gasteiger partial charge < -0.3 is 14.7 Å². The van der Waals surface area contributed by atoms with Crippen LogP contribution >= 0.6 is 0 Å². The summed E-state index contributed by atoms with van der Waals surface area (Å²) in [5, 5.41) is 17.8. The highest BCUT2D eigenvalue weighted by molar-refractivity contribution is 6.07. The predicted molar refractivity (Wildman–Crippen MR) is 85.2 cm³/mol. The Balaban J connectivity index is 1.89. The molecule has 120 valence electrons. The zero-order chi connectivity index (χ0) is 16.2. The maximum atomic E-state index is 9.51. The largest absolute Gasteiger partial charge is 0.454 e. The van der Waals surface area contributed by atoms with E-state index < -0.39 is 0 Å². The van der Waals surface area contributed by atoms with Crippen molar-refractivity contribution in [3.63, 3.8) is 0 Å². The molecule has 2 aliphatic rings. The Kier molecular flexibility index (Phi) is 2.91. The second kappa shape index (κ2) is 4.75. The lowest BCUT2D eigenvalue weighted by Gasteiger charge is -2.30. The van der Waals surface area contributed by atoms with Crippen LogP contribution in [0.15, 0.2) is 23.4 Å². The summed E-state index contributed by atoms with van der Waals surface area (Å²) in [6, 6.07) is 5.78. The minimum absolute atomic E-state index is 0.0501. The third-order valence-electron chi connectivity index (χ3n) is 4.51. The molecule has 2 aromatic rings. The van der Waals surface area contributed by atoms with E-state index in [1.807, 2.05) is 29.9 Å². The molecule has 0 saturated heterocycles. The molecule has 1 N–H and O–H groups in total. The zero-order valence-corrected chi connectivity index (χ0v) is 13.5. The summed E-state index contributed by atoms with van der Waals surface area (Å²) >= 11 is 0. The minimum atomic E-state index is 0.0501. The molecule has 0 fully saturated rings. The maximum absolute atomic E-state index is 9.51. The van der Waals surface area contributed by atoms with E-state index in [9.17, 15) is 5.21 Å². The maximum Gasteiger partial charge on any atom is 0.231 e. The van der Waals surface area contributed by atoms with Crippen LogP contribution in [-0.4, -0.2) is 27.5 Å². The molecule has 0 bridgehead atoms. The van der Waals surface area contributed by atoms with Crippen molar-refractivity contribution in [1.82, 2.24) is 9.78 Å².